The van der Waals surface area contributed by atoms with Crippen molar-refractivity contribution in [3.8, 4) is 5.82 Å². The summed E-state index contributed by atoms with van der Waals surface area (Å²) in [4.78, 5) is 8.76. The van der Waals surface area contributed by atoms with Gasteiger partial charge >= 0.3 is 0 Å². The molecule has 3 aromatic heterocycles. The van der Waals surface area contributed by atoms with Gasteiger partial charge in [-0.25, -0.2) is 14.6 Å². The zero-order valence-corrected chi connectivity index (χ0v) is 13.9. The molecule has 1 fully saturated rings. The average molecular weight is 344 g/mol. The van der Waals surface area contributed by atoms with Crippen LogP contribution in [0.2, 0.25) is 5.15 Å². The predicted octanol–water partition coefficient (Wildman–Crippen LogP) is 2.43. The molecule has 1 atom stereocenters. The second-order valence-electron chi connectivity index (χ2n) is 6.14. The molecule has 124 valence electrons. The predicted molar refractivity (Wildman–Crippen MR) is 92.3 cm³/mol. The van der Waals surface area contributed by atoms with Crippen LogP contribution in [-0.4, -0.2) is 37.9 Å². The largest absolute Gasteiger partial charge is 0.384 e. The van der Waals surface area contributed by atoms with Gasteiger partial charge in [0.15, 0.2) is 5.82 Å². The van der Waals surface area contributed by atoms with E-state index in [1.807, 2.05) is 18.2 Å². The summed E-state index contributed by atoms with van der Waals surface area (Å²) in [5.41, 5.74) is 0.628. The Morgan fingerprint density at radius 2 is 2.12 bits per heavy atom. The summed E-state index contributed by atoms with van der Waals surface area (Å²) in [7, 11) is 0. The number of aromatic nitrogens is 4. The molecule has 1 saturated heterocycles. The topological polar surface area (TPSA) is 75.9 Å². The van der Waals surface area contributed by atoms with Crippen LogP contribution >= 0.6 is 11.6 Å². The molecule has 0 aromatic carbocycles. The van der Waals surface area contributed by atoms with Crippen LogP contribution in [0.25, 0.3) is 16.7 Å². The van der Waals surface area contributed by atoms with Crippen molar-refractivity contribution in [3.05, 3.63) is 47.5 Å². The van der Waals surface area contributed by atoms with Crippen molar-refractivity contribution in [3.63, 3.8) is 0 Å². The number of pyridine rings is 2. The molecule has 7 heteroatoms. The van der Waals surface area contributed by atoms with E-state index in [1.165, 1.54) is 0 Å². The quantitative estimate of drug-likeness (QED) is 0.699. The maximum atomic E-state index is 11.0. The Hall–Kier alpha value is -2.02. The van der Waals surface area contributed by atoms with Crippen LogP contribution in [0.15, 0.2) is 36.7 Å². The van der Waals surface area contributed by atoms with Crippen molar-refractivity contribution >= 4 is 22.5 Å². The van der Waals surface area contributed by atoms with Gasteiger partial charge < -0.3 is 10.4 Å². The minimum Gasteiger partial charge on any atom is -0.384 e. The zero-order valence-electron chi connectivity index (χ0n) is 13.1. The smallest absolute Gasteiger partial charge is 0.154 e. The average Bonchev–Trinajstić information content (AvgIpc) is 2.87. The maximum Gasteiger partial charge on any atom is 0.154 e. The normalized spacial score (nSPS) is 21.8. The van der Waals surface area contributed by atoms with Crippen LogP contribution in [-0.2, 0) is 5.60 Å². The summed E-state index contributed by atoms with van der Waals surface area (Å²) in [5, 5.41) is 20.1. The Morgan fingerprint density at radius 1 is 1.21 bits per heavy atom. The fraction of sp³-hybridized carbons (Fsp3) is 0.353. The van der Waals surface area contributed by atoms with Gasteiger partial charge in [-0.15, -0.1) is 0 Å². The number of rotatable bonds is 2. The van der Waals surface area contributed by atoms with Crippen molar-refractivity contribution in [2.75, 3.05) is 13.1 Å². The molecule has 1 unspecified atom stereocenters. The molecule has 4 rings (SSSR count). The summed E-state index contributed by atoms with van der Waals surface area (Å²) in [6.45, 7) is 1.71. The molecule has 0 saturated carbocycles. The molecule has 0 radical (unpaired) electrons. The van der Waals surface area contributed by atoms with E-state index in [9.17, 15) is 5.11 Å². The molecule has 0 bridgehead atoms. The first-order valence-electron chi connectivity index (χ1n) is 8.06. The van der Waals surface area contributed by atoms with Crippen LogP contribution in [0.3, 0.4) is 0 Å². The summed E-state index contributed by atoms with van der Waals surface area (Å²) >= 11 is 6.01. The Balaban J connectivity index is 1.78. The molecule has 6 nitrogen and oxygen atoms in total. The minimum atomic E-state index is -0.901. The third kappa shape index (κ3) is 2.77. The lowest BCUT2D eigenvalue weighted by Crippen LogP contribution is -2.28. The van der Waals surface area contributed by atoms with E-state index in [2.05, 4.69) is 15.4 Å². The molecule has 24 heavy (non-hydrogen) atoms. The summed E-state index contributed by atoms with van der Waals surface area (Å²) < 4.78 is 1.73. The summed E-state index contributed by atoms with van der Waals surface area (Å²) in [6.07, 6.45) is 5.70. The Morgan fingerprint density at radius 3 is 3.04 bits per heavy atom. The van der Waals surface area contributed by atoms with Crippen molar-refractivity contribution in [1.82, 2.24) is 25.1 Å². The lowest BCUT2D eigenvalue weighted by atomic mass is 9.90. The third-order valence-corrected chi connectivity index (χ3v) is 4.71. The third-order valence-electron chi connectivity index (χ3n) is 4.51. The van der Waals surface area contributed by atoms with Crippen LogP contribution < -0.4 is 5.32 Å². The van der Waals surface area contributed by atoms with Gasteiger partial charge in [0, 0.05) is 17.6 Å². The minimum absolute atomic E-state index is 0.411. The SMILES string of the molecule is OC1(c2cccc(-n3ncc4cnc(Cl)cc43)n2)CCCNCC1. The lowest BCUT2D eigenvalue weighted by molar-refractivity contribution is 0.0197. The molecule has 0 spiro atoms. The van der Waals surface area contributed by atoms with Crippen molar-refractivity contribution < 1.29 is 5.11 Å². The number of nitrogens with zero attached hydrogens (tertiary/aromatic N) is 4. The molecule has 1 aliphatic heterocycles. The second-order valence-corrected chi connectivity index (χ2v) is 6.53. The van der Waals surface area contributed by atoms with E-state index < -0.39 is 5.60 Å². The van der Waals surface area contributed by atoms with Crippen LogP contribution in [0.4, 0.5) is 0 Å². The number of fused-ring (bicyclic) bond motifs is 1. The van der Waals surface area contributed by atoms with Crippen molar-refractivity contribution in [1.29, 1.82) is 0 Å². The molecular weight excluding hydrogens is 326 g/mol. The number of aliphatic hydroxyl groups is 1. The highest BCUT2D eigenvalue weighted by molar-refractivity contribution is 6.30. The van der Waals surface area contributed by atoms with Gasteiger partial charge in [0.05, 0.1) is 17.4 Å². The molecule has 1 aliphatic rings. The zero-order chi connectivity index (χ0) is 16.6. The number of nitrogens with one attached hydrogen (secondary N) is 1. The van der Waals surface area contributed by atoms with E-state index in [0.717, 1.165) is 30.4 Å². The van der Waals surface area contributed by atoms with Gasteiger partial charge in [-0.05, 0) is 44.5 Å². The highest BCUT2D eigenvalue weighted by atomic mass is 35.5. The first-order valence-corrected chi connectivity index (χ1v) is 8.44. The molecule has 0 amide bonds. The van der Waals surface area contributed by atoms with Crippen LogP contribution in [0.5, 0.6) is 0 Å². The fourth-order valence-corrected chi connectivity index (χ4v) is 3.34. The summed E-state index contributed by atoms with van der Waals surface area (Å²) in [5.74, 6) is 0.662. The van der Waals surface area contributed by atoms with Crippen molar-refractivity contribution in [2.24, 2.45) is 0 Å². The number of hydrogen-bond donors (Lipinski definition) is 2. The Kier molecular flexibility index (Phi) is 3.96. The van der Waals surface area contributed by atoms with Crippen LogP contribution in [0.1, 0.15) is 25.0 Å². The van der Waals surface area contributed by atoms with Gasteiger partial charge in [0.1, 0.15) is 10.8 Å². The van der Waals surface area contributed by atoms with E-state index in [-0.39, 0.29) is 0 Å². The monoisotopic (exact) mass is 343 g/mol. The van der Waals surface area contributed by atoms with E-state index in [1.54, 1.807) is 23.1 Å². The maximum absolute atomic E-state index is 11.0. The van der Waals surface area contributed by atoms with Gasteiger partial charge in [-0.1, -0.05) is 17.7 Å². The first kappa shape index (κ1) is 15.5. The van der Waals surface area contributed by atoms with E-state index in [0.29, 0.717) is 29.5 Å². The van der Waals surface area contributed by atoms with E-state index >= 15 is 0 Å². The Bertz CT molecular complexity index is 870. The standard InChI is InChI=1S/C17H18ClN5O/c18-15-9-13-12(10-20-15)11-21-23(13)16-4-1-3-14(22-16)17(24)5-2-7-19-8-6-17/h1,3-4,9-11,19,24H,2,5-8H2. The fourth-order valence-electron chi connectivity index (χ4n) is 3.19. The molecular formula is C17H18ClN5O. The molecule has 0 aliphatic carbocycles. The molecule has 2 N–H and O–H groups in total. The van der Waals surface area contributed by atoms with Crippen molar-refractivity contribution in [2.45, 2.75) is 24.9 Å². The van der Waals surface area contributed by atoms with Gasteiger partial charge in [0.2, 0.25) is 0 Å². The molecule has 3 aromatic rings. The first-order chi connectivity index (χ1) is 11.7. The van der Waals surface area contributed by atoms with Gasteiger partial charge in [0.25, 0.3) is 0 Å². The molecule has 4 heterocycles. The summed E-state index contributed by atoms with van der Waals surface area (Å²) in [6, 6.07) is 7.43. The Labute approximate surface area is 144 Å². The number of hydrogen-bond acceptors (Lipinski definition) is 5. The van der Waals surface area contributed by atoms with E-state index in [4.69, 9.17) is 16.6 Å². The highest BCUT2D eigenvalue weighted by Crippen LogP contribution is 2.30. The van der Waals surface area contributed by atoms with Crippen LogP contribution in [0, 0.1) is 0 Å². The van der Waals surface area contributed by atoms with Gasteiger partial charge in [-0.3, -0.25) is 0 Å². The van der Waals surface area contributed by atoms with Gasteiger partial charge in [-0.2, -0.15) is 5.10 Å². The second kappa shape index (κ2) is 6.12. The lowest BCUT2D eigenvalue weighted by Gasteiger charge is -2.26. The highest BCUT2D eigenvalue weighted by Gasteiger charge is 2.31. The number of halogens is 1.